The number of hydrogen-bond acceptors (Lipinski definition) is 2. The third kappa shape index (κ3) is 0.974. The van der Waals surface area contributed by atoms with Gasteiger partial charge in [-0.3, -0.25) is 4.79 Å². The van der Waals surface area contributed by atoms with Gasteiger partial charge in [-0.1, -0.05) is 19.1 Å². The molecule has 0 aromatic carbocycles. The number of hydrogen-bond donors (Lipinski definition) is 0. The number of allylic oxidation sites excluding steroid dienone is 2. The van der Waals surface area contributed by atoms with Crippen molar-refractivity contribution in [3.05, 3.63) is 12.2 Å². The Kier molecular flexibility index (Phi) is 1.77. The summed E-state index contributed by atoms with van der Waals surface area (Å²) < 4.78 is 4.99. The van der Waals surface area contributed by atoms with Crippen molar-refractivity contribution in [3.63, 3.8) is 0 Å². The van der Waals surface area contributed by atoms with E-state index in [-0.39, 0.29) is 11.9 Å². The van der Waals surface area contributed by atoms with Gasteiger partial charge in [0.1, 0.15) is 0 Å². The van der Waals surface area contributed by atoms with Crippen molar-refractivity contribution in [3.8, 4) is 0 Å². The molecule has 4 aliphatic rings. The van der Waals surface area contributed by atoms with E-state index in [1.807, 2.05) is 0 Å². The molecule has 0 aromatic rings. The largest absolute Gasteiger partial charge is 0.469 e. The van der Waals surface area contributed by atoms with Crippen molar-refractivity contribution in [2.45, 2.75) is 26.2 Å². The summed E-state index contributed by atoms with van der Waals surface area (Å²) in [5.74, 6) is 3.94. The summed E-state index contributed by atoms with van der Waals surface area (Å²) >= 11 is 0. The van der Waals surface area contributed by atoms with Crippen molar-refractivity contribution >= 4 is 5.97 Å². The molecule has 2 heteroatoms. The first-order chi connectivity index (χ1) is 8.16. The highest BCUT2D eigenvalue weighted by molar-refractivity contribution is 5.73. The summed E-state index contributed by atoms with van der Waals surface area (Å²) in [6, 6.07) is 0. The SMILES string of the molecule is COC(=O)C1CC2CC1C1C3C=CC(C3)C21C. The first kappa shape index (κ1) is 10.2. The van der Waals surface area contributed by atoms with Crippen molar-refractivity contribution in [1.82, 2.24) is 0 Å². The van der Waals surface area contributed by atoms with Gasteiger partial charge in [0.2, 0.25) is 0 Å². The van der Waals surface area contributed by atoms with Gasteiger partial charge in [-0.05, 0) is 54.3 Å². The van der Waals surface area contributed by atoms with Crippen molar-refractivity contribution in [2.75, 3.05) is 7.11 Å². The van der Waals surface area contributed by atoms with Gasteiger partial charge in [-0.25, -0.2) is 0 Å². The van der Waals surface area contributed by atoms with E-state index in [0.29, 0.717) is 11.3 Å². The van der Waals surface area contributed by atoms with Crippen molar-refractivity contribution in [1.29, 1.82) is 0 Å². The summed E-state index contributed by atoms with van der Waals surface area (Å²) in [5.41, 5.74) is 0.509. The molecule has 0 spiro atoms. The number of ether oxygens (including phenoxy) is 1. The lowest BCUT2D eigenvalue weighted by molar-refractivity contribution is -0.149. The average molecular weight is 232 g/mol. The first-order valence-corrected chi connectivity index (χ1v) is 6.92. The lowest BCUT2D eigenvalue weighted by atomic mass is 9.60. The summed E-state index contributed by atoms with van der Waals surface area (Å²) in [4.78, 5) is 11.9. The third-order valence-electron chi connectivity index (χ3n) is 6.55. The monoisotopic (exact) mass is 232 g/mol. The summed E-state index contributed by atoms with van der Waals surface area (Å²) in [7, 11) is 1.54. The van der Waals surface area contributed by atoms with Crippen LogP contribution in [-0.2, 0) is 9.53 Å². The maximum atomic E-state index is 11.9. The van der Waals surface area contributed by atoms with Crippen LogP contribution in [0.1, 0.15) is 26.2 Å². The molecule has 2 nitrogen and oxygen atoms in total. The molecule has 4 rings (SSSR count). The molecule has 0 amide bonds. The zero-order valence-corrected chi connectivity index (χ0v) is 10.6. The average Bonchev–Trinajstić information content (AvgIpc) is 3.03. The second-order valence-corrected chi connectivity index (χ2v) is 6.74. The molecule has 0 saturated heterocycles. The predicted octanol–water partition coefficient (Wildman–Crippen LogP) is 2.64. The van der Waals surface area contributed by atoms with E-state index in [1.54, 1.807) is 0 Å². The van der Waals surface area contributed by atoms with Crippen LogP contribution in [0.4, 0.5) is 0 Å². The van der Waals surface area contributed by atoms with E-state index < -0.39 is 0 Å². The van der Waals surface area contributed by atoms with E-state index in [2.05, 4.69) is 19.1 Å². The molecular formula is C15H20O2. The molecule has 0 aromatic heterocycles. The fourth-order valence-electron chi connectivity index (χ4n) is 5.91. The van der Waals surface area contributed by atoms with Crippen LogP contribution in [0.2, 0.25) is 0 Å². The minimum Gasteiger partial charge on any atom is -0.469 e. The van der Waals surface area contributed by atoms with E-state index in [1.165, 1.54) is 20.0 Å². The van der Waals surface area contributed by atoms with E-state index in [0.717, 1.165) is 30.1 Å². The molecule has 0 heterocycles. The van der Waals surface area contributed by atoms with E-state index >= 15 is 0 Å². The highest BCUT2D eigenvalue weighted by atomic mass is 16.5. The standard InChI is InChI=1S/C15H20O2/c1-15-9-4-3-8(5-9)13(15)11-6-10(15)7-12(11)14(16)17-2/h3-4,8-13H,5-7H2,1-2H3. The third-order valence-corrected chi connectivity index (χ3v) is 6.55. The predicted molar refractivity (Wildman–Crippen MR) is 64.1 cm³/mol. The molecule has 92 valence electrons. The number of methoxy groups -OCH3 is 1. The van der Waals surface area contributed by atoms with Crippen LogP contribution < -0.4 is 0 Å². The normalized spacial score (nSPS) is 57.5. The Hall–Kier alpha value is -0.790. The zero-order valence-electron chi connectivity index (χ0n) is 10.6. The molecule has 3 fully saturated rings. The molecule has 4 bridgehead atoms. The van der Waals surface area contributed by atoms with Crippen LogP contribution in [0.25, 0.3) is 0 Å². The van der Waals surface area contributed by atoms with Crippen molar-refractivity contribution in [2.24, 2.45) is 40.9 Å². The molecule has 0 N–H and O–H groups in total. The highest BCUT2D eigenvalue weighted by Gasteiger charge is 2.68. The van der Waals surface area contributed by atoms with Gasteiger partial charge in [0.25, 0.3) is 0 Å². The zero-order chi connectivity index (χ0) is 11.8. The van der Waals surface area contributed by atoms with Gasteiger partial charge in [0.15, 0.2) is 0 Å². The molecule has 17 heavy (non-hydrogen) atoms. The number of esters is 1. The molecule has 0 radical (unpaired) electrons. The van der Waals surface area contributed by atoms with Crippen LogP contribution in [0.3, 0.4) is 0 Å². The van der Waals surface area contributed by atoms with E-state index in [9.17, 15) is 4.79 Å². The molecule has 0 aliphatic heterocycles. The number of carbonyl (C=O) groups excluding carboxylic acids is 1. The Labute approximate surface area is 102 Å². The fourth-order valence-corrected chi connectivity index (χ4v) is 5.91. The summed E-state index contributed by atoms with van der Waals surface area (Å²) in [5, 5.41) is 0. The van der Waals surface area contributed by atoms with Crippen LogP contribution >= 0.6 is 0 Å². The minimum absolute atomic E-state index is 0.0475. The Balaban J connectivity index is 1.71. The Morgan fingerprint density at radius 3 is 2.88 bits per heavy atom. The first-order valence-electron chi connectivity index (χ1n) is 6.92. The summed E-state index contributed by atoms with van der Waals surface area (Å²) in [6.07, 6.45) is 8.58. The van der Waals surface area contributed by atoms with Gasteiger partial charge in [0, 0.05) is 0 Å². The smallest absolute Gasteiger partial charge is 0.308 e. The molecule has 3 saturated carbocycles. The van der Waals surface area contributed by atoms with Gasteiger partial charge in [0.05, 0.1) is 13.0 Å². The Morgan fingerprint density at radius 2 is 2.12 bits per heavy atom. The van der Waals surface area contributed by atoms with Gasteiger partial charge in [-0.15, -0.1) is 0 Å². The second-order valence-electron chi connectivity index (χ2n) is 6.74. The topological polar surface area (TPSA) is 26.3 Å². The minimum atomic E-state index is 0.0475. The van der Waals surface area contributed by atoms with Crippen LogP contribution in [0.5, 0.6) is 0 Å². The molecule has 7 atom stereocenters. The van der Waals surface area contributed by atoms with Crippen LogP contribution in [-0.4, -0.2) is 13.1 Å². The molecular weight excluding hydrogens is 212 g/mol. The molecule has 4 aliphatic carbocycles. The quantitative estimate of drug-likeness (QED) is 0.395. The number of rotatable bonds is 1. The van der Waals surface area contributed by atoms with Gasteiger partial charge < -0.3 is 4.74 Å². The van der Waals surface area contributed by atoms with Gasteiger partial charge in [-0.2, -0.15) is 0 Å². The number of carbonyl (C=O) groups is 1. The molecule has 7 unspecified atom stereocenters. The maximum absolute atomic E-state index is 11.9. The fraction of sp³-hybridized carbons (Fsp3) is 0.800. The highest BCUT2D eigenvalue weighted by Crippen LogP contribution is 2.73. The van der Waals surface area contributed by atoms with E-state index in [4.69, 9.17) is 4.74 Å². The van der Waals surface area contributed by atoms with Crippen molar-refractivity contribution < 1.29 is 9.53 Å². The maximum Gasteiger partial charge on any atom is 0.308 e. The summed E-state index contributed by atoms with van der Waals surface area (Å²) in [6.45, 7) is 2.49. The number of fused-ring (bicyclic) bond motifs is 9. The van der Waals surface area contributed by atoms with Gasteiger partial charge >= 0.3 is 5.97 Å². The van der Waals surface area contributed by atoms with Crippen LogP contribution in [0, 0.1) is 40.9 Å². The lowest BCUT2D eigenvalue weighted by Gasteiger charge is -2.44. The Morgan fingerprint density at radius 1 is 1.29 bits per heavy atom. The lowest BCUT2D eigenvalue weighted by Crippen LogP contribution is -2.42. The second kappa shape index (κ2) is 2.96. The Bertz CT molecular complexity index is 413. The van der Waals surface area contributed by atoms with Crippen LogP contribution in [0.15, 0.2) is 12.2 Å².